The zero-order valence-electron chi connectivity index (χ0n) is 21.3. The van der Waals surface area contributed by atoms with E-state index in [0.29, 0.717) is 6.54 Å². The second kappa shape index (κ2) is 10.5. The van der Waals surface area contributed by atoms with E-state index in [-0.39, 0.29) is 43.4 Å². The van der Waals surface area contributed by atoms with Crippen LogP contribution in [0.2, 0.25) is 0 Å². The Morgan fingerprint density at radius 2 is 1.83 bits per heavy atom. The molecule has 0 N–H and O–H groups in total. The molecule has 4 rings (SSSR count). The summed E-state index contributed by atoms with van der Waals surface area (Å²) in [5.74, 6) is -2.26. The molecular formula is C28H33F2NO5. The molecule has 1 heterocycles. The third-order valence-electron chi connectivity index (χ3n) is 6.84. The summed E-state index contributed by atoms with van der Waals surface area (Å²) in [6, 6.07) is 5.92. The number of rotatable bonds is 8. The van der Waals surface area contributed by atoms with E-state index < -0.39 is 29.1 Å². The van der Waals surface area contributed by atoms with Gasteiger partial charge >= 0.3 is 0 Å². The molecule has 1 amide bonds. The highest BCUT2D eigenvalue weighted by atomic mass is 19.1. The van der Waals surface area contributed by atoms with Crippen LogP contribution in [0.5, 0.6) is 11.5 Å². The molecule has 6 nitrogen and oxygen atoms in total. The van der Waals surface area contributed by atoms with Crippen molar-refractivity contribution in [2.24, 2.45) is 0 Å². The number of hydrogen-bond acceptors (Lipinski definition) is 5. The molecule has 0 radical (unpaired) electrons. The van der Waals surface area contributed by atoms with E-state index in [4.69, 9.17) is 14.2 Å². The van der Waals surface area contributed by atoms with Gasteiger partial charge in [-0.05, 0) is 74.9 Å². The summed E-state index contributed by atoms with van der Waals surface area (Å²) < 4.78 is 46.2. The van der Waals surface area contributed by atoms with Gasteiger partial charge in [0, 0.05) is 18.5 Å². The van der Waals surface area contributed by atoms with Crippen molar-refractivity contribution >= 4 is 11.7 Å². The van der Waals surface area contributed by atoms with Crippen LogP contribution < -0.4 is 9.47 Å². The van der Waals surface area contributed by atoms with Crippen LogP contribution in [-0.2, 0) is 22.4 Å². The standard InChI is InChI=1S/C28H33F2NO5/c1-5-24(32)18-13-22(29)26(23(30)14-18)35-16-19-15-31(11-12-34-19)27(33)28(3,4)36-25-10-9-17(2)20-7-6-8-21(20)25/h9-10,13-14,19H,5-8,11-12,15-16H2,1-4H3. The number of carbonyl (C=O) groups is 2. The summed E-state index contributed by atoms with van der Waals surface area (Å²) in [4.78, 5) is 26.8. The van der Waals surface area contributed by atoms with Gasteiger partial charge in [-0.1, -0.05) is 13.0 Å². The van der Waals surface area contributed by atoms with Crippen LogP contribution in [-0.4, -0.2) is 54.6 Å². The first kappa shape index (κ1) is 26.1. The quantitative estimate of drug-likeness (QED) is 0.486. The summed E-state index contributed by atoms with van der Waals surface area (Å²) in [6.07, 6.45) is 2.61. The Bertz CT molecular complexity index is 1140. The molecule has 8 heteroatoms. The van der Waals surface area contributed by atoms with Crippen molar-refractivity contribution in [2.75, 3.05) is 26.3 Å². The number of ether oxygens (including phenoxy) is 3. The summed E-state index contributed by atoms with van der Waals surface area (Å²) in [7, 11) is 0. The van der Waals surface area contributed by atoms with E-state index in [1.165, 1.54) is 16.7 Å². The lowest BCUT2D eigenvalue weighted by molar-refractivity contribution is -0.153. The van der Waals surface area contributed by atoms with Gasteiger partial charge in [-0.2, -0.15) is 0 Å². The second-order valence-corrected chi connectivity index (χ2v) is 9.90. The first-order valence-corrected chi connectivity index (χ1v) is 12.5. The Morgan fingerprint density at radius 3 is 2.53 bits per heavy atom. The number of Topliss-reactive ketones (excluding diaryl/α,β-unsaturated/α-hetero) is 1. The maximum atomic E-state index is 14.4. The van der Waals surface area contributed by atoms with Gasteiger partial charge in [0.1, 0.15) is 18.5 Å². The van der Waals surface area contributed by atoms with E-state index in [2.05, 4.69) is 6.92 Å². The van der Waals surface area contributed by atoms with Crippen molar-refractivity contribution in [3.63, 3.8) is 0 Å². The number of aryl methyl sites for hydroxylation is 1. The van der Waals surface area contributed by atoms with Gasteiger partial charge in [-0.3, -0.25) is 9.59 Å². The van der Waals surface area contributed by atoms with Crippen molar-refractivity contribution in [2.45, 2.75) is 65.1 Å². The van der Waals surface area contributed by atoms with E-state index >= 15 is 0 Å². The summed E-state index contributed by atoms with van der Waals surface area (Å²) >= 11 is 0. The number of nitrogens with zero attached hydrogens (tertiary/aromatic N) is 1. The zero-order chi connectivity index (χ0) is 26.0. The number of fused-ring (bicyclic) bond motifs is 1. The van der Waals surface area contributed by atoms with Crippen LogP contribution in [0.25, 0.3) is 0 Å². The Balaban J connectivity index is 1.40. The maximum absolute atomic E-state index is 14.4. The van der Waals surface area contributed by atoms with Crippen molar-refractivity contribution in [3.05, 3.63) is 58.2 Å². The Hall–Kier alpha value is -3.00. The third kappa shape index (κ3) is 5.38. The van der Waals surface area contributed by atoms with Gasteiger partial charge in [-0.15, -0.1) is 0 Å². The highest BCUT2D eigenvalue weighted by Gasteiger charge is 2.38. The van der Waals surface area contributed by atoms with Crippen molar-refractivity contribution in [1.29, 1.82) is 0 Å². The highest BCUT2D eigenvalue weighted by molar-refractivity contribution is 5.96. The number of halogens is 2. The lowest BCUT2D eigenvalue weighted by Gasteiger charge is -2.37. The number of carbonyl (C=O) groups excluding carboxylic acids is 2. The molecule has 36 heavy (non-hydrogen) atoms. The Kier molecular flexibility index (Phi) is 7.64. The number of amides is 1. The number of ketones is 1. The van der Waals surface area contributed by atoms with E-state index in [1.54, 1.807) is 25.7 Å². The lowest BCUT2D eigenvalue weighted by atomic mass is 10.0. The lowest BCUT2D eigenvalue weighted by Crippen LogP contribution is -2.55. The average molecular weight is 502 g/mol. The molecule has 0 saturated carbocycles. The Morgan fingerprint density at radius 1 is 1.14 bits per heavy atom. The number of benzene rings is 2. The summed E-state index contributed by atoms with van der Waals surface area (Å²) in [6.45, 7) is 7.92. The SMILES string of the molecule is CCC(=O)c1cc(F)c(OCC2CN(C(=O)C(C)(C)Oc3ccc(C)c4c3CCC4)CCO2)c(F)c1. The van der Waals surface area contributed by atoms with Crippen molar-refractivity contribution in [1.82, 2.24) is 4.90 Å². The highest BCUT2D eigenvalue weighted by Crippen LogP contribution is 2.35. The summed E-state index contributed by atoms with van der Waals surface area (Å²) in [5.41, 5.74) is 2.60. The molecule has 0 aromatic heterocycles. The minimum atomic E-state index is -1.10. The molecule has 1 aliphatic heterocycles. The molecule has 2 aromatic rings. The van der Waals surface area contributed by atoms with E-state index in [1.807, 2.05) is 12.1 Å². The fourth-order valence-electron chi connectivity index (χ4n) is 4.89. The fourth-order valence-corrected chi connectivity index (χ4v) is 4.89. The van der Waals surface area contributed by atoms with Crippen molar-refractivity contribution < 1.29 is 32.6 Å². The number of hydrogen-bond donors (Lipinski definition) is 0. The molecule has 1 aliphatic carbocycles. The molecule has 1 atom stereocenters. The smallest absolute Gasteiger partial charge is 0.266 e. The van der Waals surface area contributed by atoms with Gasteiger partial charge in [0.2, 0.25) is 0 Å². The number of morpholine rings is 1. The average Bonchev–Trinajstić information content (AvgIpc) is 3.35. The molecule has 194 valence electrons. The minimum absolute atomic E-state index is 0.0352. The van der Waals surface area contributed by atoms with Crippen LogP contribution in [0, 0.1) is 18.6 Å². The van der Waals surface area contributed by atoms with Crippen LogP contribution in [0.1, 0.15) is 60.7 Å². The molecule has 1 unspecified atom stereocenters. The van der Waals surface area contributed by atoms with Gasteiger partial charge < -0.3 is 19.1 Å². The monoisotopic (exact) mass is 501 g/mol. The summed E-state index contributed by atoms with van der Waals surface area (Å²) in [5, 5.41) is 0. The van der Waals surface area contributed by atoms with Crippen molar-refractivity contribution in [3.8, 4) is 11.5 Å². The topological polar surface area (TPSA) is 65.1 Å². The predicted molar refractivity (Wildman–Crippen MR) is 131 cm³/mol. The normalized spacial score (nSPS) is 17.6. The molecule has 1 fully saturated rings. The van der Waals surface area contributed by atoms with Gasteiger partial charge in [0.25, 0.3) is 5.91 Å². The van der Waals surface area contributed by atoms with Crippen LogP contribution in [0.3, 0.4) is 0 Å². The first-order valence-electron chi connectivity index (χ1n) is 12.5. The molecule has 2 aromatic carbocycles. The van der Waals surface area contributed by atoms with Gasteiger partial charge in [-0.25, -0.2) is 8.78 Å². The van der Waals surface area contributed by atoms with Crippen LogP contribution in [0.15, 0.2) is 24.3 Å². The fraction of sp³-hybridized carbons (Fsp3) is 0.500. The molecule has 0 bridgehead atoms. The van der Waals surface area contributed by atoms with E-state index in [0.717, 1.165) is 37.1 Å². The zero-order valence-corrected chi connectivity index (χ0v) is 21.3. The van der Waals surface area contributed by atoms with Crippen LogP contribution in [0.4, 0.5) is 8.78 Å². The molecular weight excluding hydrogens is 468 g/mol. The molecule has 2 aliphatic rings. The third-order valence-corrected chi connectivity index (χ3v) is 6.84. The Labute approximate surface area is 210 Å². The molecule has 1 saturated heterocycles. The molecule has 0 spiro atoms. The largest absolute Gasteiger partial charge is 0.485 e. The second-order valence-electron chi connectivity index (χ2n) is 9.90. The van der Waals surface area contributed by atoms with E-state index in [9.17, 15) is 18.4 Å². The van der Waals surface area contributed by atoms with Crippen LogP contribution >= 0.6 is 0 Å². The maximum Gasteiger partial charge on any atom is 0.266 e. The minimum Gasteiger partial charge on any atom is -0.485 e. The first-order chi connectivity index (χ1) is 17.1. The predicted octanol–water partition coefficient (Wildman–Crippen LogP) is 4.82. The van der Waals surface area contributed by atoms with Gasteiger partial charge in [0.05, 0.1) is 13.2 Å². The van der Waals surface area contributed by atoms with Gasteiger partial charge in [0.15, 0.2) is 28.8 Å².